The molecule has 0 spiro atoms. The number of rotatable bonds is 64. The minimum atomic E-state index is -1.67. The van der Waals surface area contributed by atoms with Crippen LogP contribution in [0.4, 0.5) is 0 Å². The van der Waals surface area contributed by atoms with Gasteiger partial charge in [0.2, 0.25) is 5.91 Å². The van der Waals surface area contributed by atoms with Crippen molar-refractivity contribution in [2.45, 2.75) is 422 Å². The molecule has 0 aromatic heterocycles. The molecule has 488 valence electrons. The van der Waals surface area contributed by atoms with Gasteiger partial charge in [0.1, 0.15) is 36.6 Å². The molecule has 1 saturated heterocycles. The lowest BCUT2D eigenvalue weighted by Gasteiger charge is -2.40. The predicted molar refractivity (Wildman–Crippen MR) is 344 cm³/mol. The number of unbranched alkanes of at least 4 members (excludes halogenated alkanes) is 50. The summed E-state index contributed by atoms with van der Waals surface area (Å²) in [6.07, 6.45) is 63.1. The van der Waals surface area contributed by atoms with Crippen molar-refractivity contribution in [3.8, 4) is 0 Å². The zero-order valence-corrected chi connectivity index (χ0v) is 54.0. The Labute approximate surface area is 506 Å². The molecule has 0 bridgehead atoms. The molecule has 9 atom stereocenters. The van der Waals surface area contributed by atoms with E-state index >= 15 is 0 Å². The van der Waals surface area contributed by atoms with Gasteiger partial charge in [-0.05, 0) is 38.5 Å². The second kappa shape index (κ2) is 60.1. The molecule has 1 amide bonds. The number of allylic oxidation sites excluding steroid dienone is 2. The van der Waals surface area contributed by atoms with Crippen molar-refractivity contribution in [2.24, 2.45) is 0 Å². The Morgan fingerprint density at radius 2 is 0.720 bits per heavy atom. The number of hydrogen-bond donors (Lipinski definition) is 8. The van der Waals surface area contributed by atoms with Crippen molar-refractivity contribution in [2.75, 3.05) is 13.2 Å². The lowest BCUT2D eigenvalue weighted by molar-refractivity contribution is -0.303. The van der Waals surface area contributed by atoms with Crippen LogP contribution in [0.3, 0.4) is 0 Å². The Morgan fingerprint density at radius 1 is 0.415 bits per heavy atom. The highest BCUT2D eigenvalue weighted by molar-refractivity contribution is 5.80. The van der Waals surface area contributed by atoms with Crippen LogP contribution in [0.2, 0.25) is 0 Å². The van der Waals surface area contributed by atoms with Crippen LogP contribution >= 0.6 is 0 Å². The maximum absolute atomic E-state index is 13.2. The van der Waals surface area contributed by atoms with E-state index in [1.807, 2.05) is 0 Å². The van der Waals surface area contributed by atoms with Gasteiger partial charge in [-0.3, -0.25) is 4.79 Å². The molecule has 82 heavy (non-hydrogen) atoms. The molecule has 11 nitrogen and oxygen atoms in total. The molecule has 9 unspecified atom stereocenters. The van der Waals surface area contributed by atoms with E-state index in [1.54, 1.807) is 0 Å². The molecular formula is C71H139NO10. The third kappa shape index (κ3) is 47.0. The first-order valence-electron chi connectivity index (χ1n) is 36.1. The fraction of sp³-hybridized carbons (Fsp3) is 0.958. The Morgan fingerprint density at radius 3 is 1.05 bits per heavy atom. The van der Waals surface area contributed by atoms with Gasteiger partial charge in [-0.2, -0.15) is 0 Å². The van der Waals surface area contributed by atoms with E-state index in [1.165, 1.54) is 289 Å². The van der Waals surface area contributed by atoms with Crippen LogP contribution in [0, 0.1) is 0 Å². The molecule has 0 radical (unpaired) electrons. The van der Waals surface area contributed by atoms with Crippen LogP contribution in [0.15, 0.2) is 12.2 Å². The standard InChI is InChI=1S/C71H139NO10/c1-3-5-7-9-11-13-15-17-19-21-23-25-26-27-28-29-30-31-32-33-34-35-36-37-39-41-43-45-47-49-51-53-55-57-59-64(75)70(80)72-62(61-81-71-69(79)68(78)67(77)65(60-73)82-71)66(76)63(74)58-56-54-52-50-48-46-44-42-40-38-24-22-20-18-16-14-12-10-8-6-4-2/h50,52,62-69,71,73-79H,3-49,51,53-61H2,1-2H3,(H,72,80)/b52-50+. The normalized spacial score (nSPS) is 19.1. The van der Waals surface area contributed by atoms with Crippen LogP contribution in [-0.2, 0) is 14.3 Å². The second-order valence-electron chi connectivity index (χ2n) is 25.7. The van der Waals surface area contributed by atoms with Gasteiger partial charge >= 0.3 is 0 Å². The van der Waals surface area contributed by atoms with E-state index in [9.17, 15) is 40.5 Å². The summed E-state index contributed by atoms with van der Waals surface area (Å²) in [5, 5.41) is 76.5. The zero-order chi connectivity index (χ0) is 59.6. The third-order valence-electron chi connectivity index (χ3n) is 17.8. The summed E-state index contributed by atoms with van der Waals surface area (Å²) in [5.74, 6) is -0.697. The largest absolute Gasteiger partial charge is 0.394 e. The van der Waals surface area contributed by atoms with Gasteiger partial charge in [-0.1, -0.05) is 341 Å². The van der Waals surface area contributed by atoms with Crippen LogP contribution in [0.25, 0.3) is 0 Å². The fourth-order valence-corrected chi connectivity index (χ4v) is 12.0. The molecule has 11 heteroatoms. The molecule has 0 aliphatic carbocycles. The van der Waals surface area contributed by atoms with Crippen molar-refractivity contribution < 1.29 is 50.0 Å². The number of amides is 1. The summed E-state index contributed by atoms with van der Waals surface area (Å²) >= 11 is 0. The van der Waals surface area contributed by atoms with E-state index in [0.717, 1.165) is 38.5 Å². The van der Waals surface area contributed by atoms with Gasteiger partial charge < -0.3 is 50.5 Å². The smallest absolute Gasteiger partial charge is 0.249 e. The van der Waals surface area contributed by atoms with Crippen molar-refractivity contribution in [3.63, 3.8) is 0 Å². The van der Waals surface area contributed by atoms with Crippen molar-refractivity contribution in [3.05, 3.63) is 12.2 Å². The first kappa shape index (κ1) is 78.9. The minimum Gasteiger partial charge on any atom is -0.394 e. The summed E-state index contributed by atoms with van der Waals surface area (Å²) in [6, 6.07) is -1.18. The molecular weight excluding hydrogens is 1030 g/mol. The monoisotopic (exact) mass is 1170 g/mol. The van der Waals surface area contributed by atoms with E-state index < -0.39 is 74.2 Å². The summed E-state index contributed by atoms with van der Waals surface area (Å²) in [5.41, 5.74) is 0. The fourth-order valence-electron chi connectivity index (χ4n) is 12.0. The van der Waals surface area contributed by atoms with Gasteiger partial charge in [-0.15, -0.1) is 0 Å². The number of aliphatic hydroxyl groups is 7. The number of aliphatic hydroxyl groups excluding tert-OH is 7. The molecule has 1 aliphatic rings. The Hall–Kier alpha value is -1.15. The zero-order valence-electron chi connectivity index (χ0n) is 54.0. The molecule has 0 aromatic rings. The molecule has 0 saturated carbocycles. The topological polar surface area (TPSA) is 189 Å². The molecule has 1 fully saturated rings. The van der Waals surface area contributed by atoms with Crippen molar-refractivity contribution in [1.82, 2.24) is 5.32 Å². The quantitative estimate of drug-likeness (QED) is 0.0215. The van der Waals surface area contributed by atoms with Crippen molar-refractivity contribution in [1.29, 1.82) is 0 Å². The average molecular weight is 1170 g/mol. The van der Waals surface area contributed by atoms with E-state index in [2.05, 4.69) is 31.3 Å². The van der Waals surface area contributed by atoms with E-state index in [4.69, 9.17) is 9.47 Å². The first-order valence-corrected chi connectivity index (χ1v) is 36.1. The third-order valence-corrected chi connectivity index (χ3v) is 17.8. The molecule has 1 rings (SSSR count). The highest BCUT2D eigenvalue weighted by Crippen LogP contribution is 2.24. The average Bonchev–Trinajstić information content (AvgIpc) is 3.49. The van der Waals surface area contributed by atoms with E-state index in [-0.39, 0.29) is 12.8 Å². The number of carbonyl (C=O) groups excluding carboxylic acids is 1. The molecule has 8 N–H and O–H groups in total. The number of carbonyl (C=O) groups is 1. The van der Waals surface area contributed by atoms with Crippen LogP contribution < -0.4 is 5.32 Å². The predicted octanol–water partition coefficient (Wildman–Crippen LogP) is 17.4. The SMILES string of the molecule is CCCCCCCCCCCCCCCCCC/C=C/CCCC(O)C(O)C(COC1OC(CO)C(O)C(O)C1O)NC(=O)C(O)CCCCCCCCCCCCCCCCCCCCCCCCCCCCCCCCCCCC. The summed E-state index contributed by atoms with van der Waals surface area (Å²) in [4.78, 5) is 13.2. The van der Waals surface area contributed by atoms with Gasteiger partial charge in [0, 0.05) is 0 Å². The van der Waals surface area contributed by atoms with Gasteiger partial charge in [0.05, 0.1) is 25.4 Å². The number of nitrogens with one attached hydrogen (secondary N) is 1. The second-order valence-corrected chi connectivity index (χ2v) is 25.7. The highest BCUT2D eigenvalue weighted by atomic mass is 16.7. The van der Waals surface area contributed by atoms with Gasteiger partial charge in [0.25, 0.3) is 0 Å². The summed E-state index contributed by atoms with van der Waals surface area (Å²) in [7, 11) is 0. The van der Waals surface area contributed by atoms with Gasteiger partial charge in [-0.25, -0.2) is 0 Å². The highest BCUT2D eigenvalue weighted by Gasteiger charge is 2.44. The van der Waals surface area contributed by atoms with E-state index in [0.29, 0.717) is 12.8 Å². The van der Waals surface area contributed by atoms with Crippen LogP contribution in [-0.4, -0.2) is 110 Å². The van der Waals surface area contributed by atoms with Crippen LogP contribution in [0.5, 0.6) is 0 Å². The Kier molecular flexibility index (Phi) is 57.8. The number of hydrogen-bond acceptors (Lipinski definition) is 10. The van der Waals surface area contributed by atoms with Gasteiger partial charge in [0.15, 0.2) is 6.29 Å². The molecule has 1 heterocycles. The molecule has 1 aliphatic heterocycles. The lowest BCUT2D eigenvalue weighted by Crippen LogP contribution is -2.60. The number of ether oxygens (including phenoxy) is 2. The Balaban J connectivity index is 2.15. The Bertz CT molecular complexity index is 1340. The maximum atomic E-state index is 13.2. The summed E-state index contributed by atoms with van der Waals surface area (Å²) < 4.78 is 11.2. The van der Waals surface area contributed by atoms with Crippen LogP contribution in [0.1, 0.15) is 367 Å². The lowest BCUT2D eigenvalue weighted by atomic mass is 9.98. The van der Waals surface area contributed by atoms with Crippen molar-refractivity contribution >= 4 is 5.91 Å². The molecule has 0 aromatic carbocycles. The first-order chi connectivity index (χ1) is 40.2. The summed E-state index contributed by atoms with van der Waals surface area (Å²) in [6.45, 7) is 3.51. The maximum Gasteiger partial charge on any atom is 0.249 e. The minimum absolute atomic E-state index is 0.260.